The number of esters is 1. The molecular formula is C60H69BF4N10O15. The van der Waals surface area contributed by atoms with Crippen molar-refractivity contribution in [1.29, 1.82) is 0 Å². The fraction of sp³-hybridized carbons (Fsp3) is 0.483. The number of fused-ring (bicyclic) bond motifs is 5. The van der Waals surface area contributed by atoms with E-state index < -0.39 is 145 Å². The number of imide groups is 1. The van der Waals surface area contributed by atoms with E-state index in [9.17, 15) is 66.2 Å². The zero-order valence-corrected chi connectivity index (χ0v) is 50.2. The fourth-order valence-corrected chi connectivity index (χ4v) is 11.0. The molecule has 90 heavy (non-hydrogen) atoms. The topological polar surface area (TPSA) is 333 Å². The molecule has 0 spiro atoms. The monoisotopic (exact) mass is 1260 g/mol. The number of cyclic esters (lactones) is 1. The number of hydrogen-bond donors (Lipinski definition) is 8. The number of carbonyl (C=O) groups excluding carboxylic acids is 9. The van der Waals surface area contributed by atoms with E-state index in [4.69, 9.17) is 31.8 Å². The minimum atomic E-state index is -5.36. The first-order chi connectivity index (χ1) is 42.5. The number of pyridine rings is 2. The summed E-state index contributed by atoms with van der Waals surface area (Å²) in [6.45, 7) is 4.71. The second-order valence-electron chi connectivity index (χ2n) is 23.0. The molecule has 0 bridgehead atoms. The van der Waals surface area contributed by atoms with Gasteiger partial charge in [0.25, 0.3) is 23.3 Å². The van der Waals surface area contributed by atoms with Crippen LogP contribution in [-0.2, 0) is 93.7 Å². The van der Waals surface area contributed by atoms with Crippen molar-refractivity contribution in [3.63, 3.8) is 0 Å². The molecule has 480 valence electrons. The van der Waals surface area contributed by atoms with Crippen molar-refractivity contribution in [2.24, 2.45) is 0 Å². The maximum Gasteiger partial charge on any atom is 0.423 e. The molecular weight excluding hydrogens is 1190 g/mol. The summed E-state index contributed by atoms with van der Waals surface area (Å²) in [5, 5.41) is 28.7. The fourth-order valence-electron chi connectivity index (χ4n) is 11.0. The normalized spacial score (nSPS) is 18.3. The lowest BCUT2D eigenvalue weighted by Gasteiger charge is -2.31. The first-order valence-electron chi connectivity index (χ1n) is 28.9. The van der Waals surface area contributed by atoms with Crippen molar-refractivity contribution in [3.8, 4) is 11.4 Å². The lowest BCUT2D eigenvalue weighted by atomic mass is 9.81. The summed E-state index contributed by atoms with van der Waals surface area (Å²) in [6, 6.07) is 6.84. The Morgan fingerprint density at radius 2 is 1.54 bits per heavy atom. The highest BCUT2D eigenvalue weighted by Crippen LogP contribution is 2.46. The second kappa shape index (κ2) is 27.7. The Labute approximate surface area is 514 Å². The Bertz CT molecular complexity index is 3590. The molecule has 2 aromatic carbocycles. The van der Waals surface area contributed by atoms with Crippen LogP contribution >= 0.6 is 0 Å². The average molecular weight is 1260 g/mol. The molecule has 2 aromatic heterocycles. The zero-order valence-electron chi connectivity index (χ0n) is 50.2. The molecule has 3 aliphatic heterocycles. The molecule has 6 atom stereocenters. The van der Waals surface area contributed by atoms with Crippen LogP contribution in [0, 0.1) is 12.7 Å². The number of benzene rings is 2. The number of rotatable bonds is 28. The summed E-state index contributed by atoms with van der Waals surface area (Å²) in [5.74, 6) is -9.44. The Balaban J connectivity index is 0.850. The quantitative estimate of drug-likeness (QED) is 0.00854. The van der Waals surface area contributed by atoms with E-state index in [0.717, 1.165) is 23.1 Å². The molecule has 8 amide bonds. The third kappa shape index (κ3) is 15.2. The molecule has 1 aliphatic carbocycles. The van der Waals surface area contributed by atoms with Gasteiger partial charge in [-0.05, 0) is 94.7 Å². The highest BCUT2D eigenvalue weighted by Gasteiger charge is 2.49. The summed E-state index contributed by atoms with van der Waals surface area (Å²) in [7, 11) is 7.49. The Morgan fingerprint density at radius 3 is 2.21 bits per heavy atom. The molecule has 30 heteroatoms. The summed E-state index contributed by atoms with van der Waals surface area (Å²) in [4.78, 5) is 137. The molecule has 8 N–H and O–H groups in total. The van der Waals surface area contributed by atoms with Crippen LogP contribution in [0.2, 0.25) is 0 Å². The van der Waals surface area contributed by atoms with E-state index in [0.29, 0.717) is 41.5 Å². The van der Waals surface area contributed by atoms with Crippen molar-refractivity contribution >= 4 is 72.0 Å². The molecule has 2 radical (unpaired) electrons. The number of amides is 8. The van der Waals surface area contributed by atoms with Gasteiger partial charge in [0.2, 0.25) is 35.6 Å². The van der Waals surface area contributed by atoms with Gasteiger partial charge in [-0.1, -0.05) is 37.3 Å². The van der Waals surface area contributed by atoms with E-state index in [2.05, 4.69) is 37.2 Å². The summed E-state index contributed by atoms with van der Waals surface area (Å²) < 4.78 is 82.3. The van der Waals surface area contributed by atoms with Gasteiger partial charge in [0.05, 0.1) is 60.3 Å². The zero-order chi connectivity index (χ0) is 65.6. The Hall–Kier alpha value is -8.45. The number of alkyl halides is 3. The highest BCUT2D eigenvalue weighted by atomic mass is 19.4. The van der Waals surface area contributed by atoms with Crippen molar-refractivity contribution in [2.75, 3.05) is 53.2 Å². The molecule has 8 rings (SSSR count). The lowest BCUT2D eigenvalue weighted by molar-refractivity contribution is -0.220. The van der Waals surface area contributed by atoms with Crippen LogP contribution in [0.15, 0.2) is 59.4 Å². The average Bonchev–Trinajstić information content (AvgIpc) is 1.48. The van der Waals surface area contributed by atoms with Gasteiger partial charge in [0, 0.05) is 66.9 Å². The van der Waals surface area contributed by atoms with Gasteiger partial charge >= 0.3 is 12.1 Å². The Morgan fingerprint density at radius 1 is 0.878 bits per heavy atom. The highest BCUT2D eigenvalue weighted by molar-refractivity contribution is 6.15. The number of ether oxygens (including phenoxy) is 4. The van der Waals surface area contributed by atoms with Gasteiger partial charge in [-0.2, -0.15) is 13.2 Å². The predicted molar refractivity (Wildman–Crippen MR) is 312 cm³/mol. The first kappa shape index (κ1) is 67.5. The second-order valence-corrected chi connectivity index (χ2v) is 23.0. The predicted octanol–water partition coefficient (Wildman–Crippen LogP) is 0.718. The van der Waals surface area contributed by atoms with Gasteiger partial charge < -0.3 is 65.8 Å². The van der Waals surface area contributed by atoms with Gasteiger partial charge in [0.15, 0.2) is 5.60 Å². The summed E-state index contributed by atoms with van der Waals surface area (Å²) in [5.41, 5.74) is -2.17. The van der Waals surface area contributed by atoms with Crippen LogP contribution in [0.3, 0.4) is 0 Å². The number of halogens is 4. The number of aromatic nitrogens is 2. The largest absolute Gasteiger partial charge is 0.458 e. The molecule has 0 fully saturated rings. The number of aliphatic hydroxyl groups is 1. The SMILES string of the molecule is [B]C(C)(CCOC(C)(C)CCNC[C@@H](C(=O)NCC(=O)NCC(=O)N[C@@H](Cc1ccccc1)C(=O)NCC(=O)NCO[C@H](C(=O)N[C@H]1CCc2c(C)c(F)cc3nc4c(c1c23)Cn1c-4cc2c(c1=O)COC(=O)[C@]2(O)CC)C(F)(F)F)N1C(=O)C=CC1=O)OC. The smallest absolute Gasteiger partial charge is 0.423 e. The van der Waals surface area contributed by atoms with Crippen LogP contribution in [0.4, 0.5) is 17.6 Å². The summed E-state index contributed by atoms with van der Waals surface area (Å²) >= 11 is 0. The van der Waals surface area contributed by atoms with Crippen LogP contribution in [0.5, 0.6) is 0 Å². The van der Waals surface area contributed by atoms with Crippen LogP contribution in [0.25, 0.3) is 22.3 Å². The minimum Gasteiger partial charge on any atom is -0.458 e. The molecule has 25 nitrogen and oxygen atoms in total. The number of aryl methyl sites for hydroxylation is 1. The third-order valence-electron chi connectivity index (χ3n) is 16.2. The molecule has 0 saturated heterocycles. The van der Waals surface area contributed by atoms with E-state index >= 15 is 4.39 Å². The van der Waals surface area contributed by atoms with Crippen molar-refractivity contribution in [3.05, 3.63) is 110 Å². The van der Waals surface area contributed by atoms with Gasteiger partial charge in [-0.25, -0.2) is 14.2 Å². The van der Waals surface area contributed by atoms with Gasteiger partial charge in [0.1, 0.15) is 39.1 Å². The Kier molecular flexibility index (Phi) is 20.8. The molecule has 5 heterocycles. The van der Waals surface area contributed by atoms with E-state index in [1.807, 2.05) is 13.8 Å². The maximum absolute atomic E-state index is 15.5. The maximum atomic E-state index is 15.5. The van der Waals surface area contributed by atoms with E-state index in [-0.39, 0.29) is 84.5 Å². The minimum absolute atomic E-state index is 0.00384. The van der Waals surface area contributed by atoms with Crippen LogP contribution in [-0.4, -0.2) is 169 Å². The number of carbonyl (C=O) groups is 9. The van der Waals surface area contributed by atoms with Gasteiger partial charge in [-0.15, -0.1) is 0 Å². The van der Waals surface area contributed by atoms with Gasteiger partial charge in [-0.3, -0.25) is 48.1 Å². The lowest BCUT2D eigenvalue weighted by Crippen LogP contribution is -2.56. The van der Waals surface area contributed by atoms with Crippen molar-refractivity contribution in [1.82, 2.24) is 51.7 Å². The van der Waals surface area contributed by atoms with E-state index in [1.54, 1.807) is 37.3 Å². The van der Waals surface area contributed by atoms with Crippen LogP contribution in [0.1, 0.15) is 98.4 Å². The van der Waals surface area contributed by atoms with Crippen molar-refractivity contribution < 1.29 is 84.8 Å². The first-order valence-corrected chi connectivity index (χ1v) is 28.9. The van der Waals surface area contributed by atoms with E-state index in [1.165, 1.54) is 31.6 Å². The number of methoxy groups -OCH3 is 1. The molecule has 4 aliphatic rings. The molecule has 4 aromatic rings. The number of nitrogens with one attached hydrogen (secondary N) is 7. The third-order valence-corrected chi connectivity index (χ3v) is 16.2. The molecule has 0 saturated carbocycles. The number of hydrogen-bond acceptors (Lipinski definition) is 17. The standard InChI is InChI=1S/C60H69BF4N10O15/c1-7-59(86)36-22-41-50-34(28-74(41)55(84)35(36)29-88-56(59)85)49-38(14-13-33-31(2)37(62)23-39(72-50)48(33)49)73-54(83)51(60(63,64)65)89-30-70-44(77)26-68-52(81)40(21-32-11-9-8-10-12-32)71-45(78)27-67-43(76)25-69-53(82)42(75-46(79)15-16-47(75)80)24-66-19-17-57(3,4)90-20-18-58(5,61)87-6/h8-12,15-16,22-23,38,40,42,51,66,86H,7,13-14,17-21,24-30H2,1-6H3,(H,67,76)(H,68,81)(H,69,82)(H,70,77)(H,71,78)(H,73,83)/t38-,40-,42-,51+,58?,59-/m0/s1. The van der Waals surface area contributed by atoms with Crippen molar-refractivity contribution in [2.45, 2.75) is 133 Å². The summed E-state index contributed by atoms with van der Waals surface area (Å²) in [6.07, 6.45) is -5.93. The molecule has 1 unspecified atom stereocenters. The van der Waals surface area contributed by atoms with Crippen LogP contribution < -0.4 is 42.8 Å². The number of nitrogens with zero attached hydrogens (tertiary/aromatic N) is 3.